The second-order valence-corrected chi connectivity index (χ2v) is 6.11. The zero-order chi connectivity index (χ0) is 17.2. The van der Waals surface area contributed by atoms with E-state index >= 15 is 0 Å². The average Bonchev–Trinajstić information content (AvgIpc) is 3.30. The lowest BCUT2D eigenvalue weighted by Gasteiger charge is -2.07. The van der Waals surface area contributed by atoms with Crippen molar-refractivity contribution in [2.45, 2.75) is 6.54 Å². The summed E-state index contributed by atoms with van der Waals surface area (Å²) in [7, 11) is 0. The van der Waals surface area contributed by atoms with E-state index in [1.807, 2.05) is 41.1 Å². The number of hydrogen-bond donors (Lipinski definition) is 1. The van der Waals surface area contributed by atoms with Crippen LogP contribution in [0.25, 0.3) is 22.8 Å². The zero-order valence-electron chi connectivity index (χ0n) is 12.8. The van der Waals surface area contributed by atoms with E-state index in [0.717, 1.165) is 16.8 Å². The highest BCUT2D eigenvalue weighted by Crippen LogP contribution is 2.26. The third-order valence-corrected chi connectivity index (χ3v) is 4.37. The number of rotatable bonds is 4. The third-order valence-electron chi connectivity index (χ3n) is 3.66. The highest BCUT2D eigenvalue weighted by molar-refractivity contribution is 6.35. The van der Waals surface area contributed by atoms with Crippen LogP contribution in [0.1, 0.15) is 5.56 Å². The van der Waals surface area contributed by atoms with E-state index in [1.165, 1.54) is 0 Å². The Morgan fingerprint density at radius 3 is 2.64 bits per heavy atom. The maximum Gasteiger partial charge on any atom is 0.204 e. The lowest BCUT2D eigenvalue weighted by molar-refractivity contribution is 0.798. The minimum Gasteiger partial charge on any atom is -0.332 e. The van der Waals surface area contributed by atoms with Gasteiger partial charge in [0.15, 0.2) is 0 Å². The minimum atomic E-state index is 0.505. The van der Waals surface area contributed by atoms with Crippen molar-refractivity contribution in [2.24, 2.45) is 0 Å². The van der Waals surface area contributed by atoms with Crippen molar-refractivity contribution in [3.05, 3.63) is 64.7 Å². The highest BCUT2D eigenvalue weighted by atomic mass is 35.5. The van der Waals surface area contributed by atoms with E-state index in [4.69, 9.17) is 23.2 Å². The van der Waals surface area contributed by atoms with Crippen molar-refractivity contribution in [3.63, 3.8) is 0 Å². The largest absolute Gasteiger partial charge is 0.332 e. The standard InChI is InChI=1S/C16H11Cl2N7/c17-12-2-1-3-13(18)11(12)7-25-8-15(20-9-25)14-6-10(4-5-19-14)16-21-23-24-22-16/h1-6,8-9H,7H2,(H,21,22,23,24). The molecule has 9 heteroatoms. The number of benzene rings is 1. The second-order valence-electron chi connectivity index (χ2n) is 5.30. The molecule has 0 aliphatic rings. The molecule has 4 aromatic rings. The average molecular weight is 372 g/mol. The molecule has 0 saturated heterocycles. The van der Waals surface area contributed by atoms with Crippen LogP contribution in [-0.4, -0.2) is 35.2 Å². The summed E-state index contributed by atoms with van der Waals surface area (Å²) < 4.78 is 1.91. The Balaban J connectivity index is 1.63. The van der Waals surface area contributed by atoms with Crippen molar-refractivity contribution in [2.75, 3.05) is 0 Å². The lowest BCUT2D eigenvalue weighted by Crippen LogP contribution is -1.98. The summed E-state index contributed by atoms with van der Waals surface area (Å²) in [6.07, 6.45) is 5.30. The van der Waals surface area contributed by atoms with Gasteiger partial charge in [-0.15, -0.1) is 10.2 Å². The Kier molecular flexibility index (Phi) is 4.17. The van der Waals surface area contributed by atoms with Gasteiger partial charge >= 0.3 is 0 Å². The van der Waals surface area contributed by atoms with Gasteiger partial charge in [0.25, 0.3) is 0 Å². The molecular weight excluding hydrogens is 361 g/mol. The van der Waals surface area contributed by atoms with Gasteiger partial charge in [0.1, 0.15) is 5.69 Å². The topological polar surface area (TPSA) is 85.2 Å². The number of aromatic amines is 1. The van der Waals surface area contributed by atoms with Crippen molar-refractivity contribution >= 4 is 23.2 Å². The van der Waals surface area contributed by atoms with Crippen LogP contribution in [0.2, 0.25) is 10.0 Å². The van der Waals surface area contributed by atoms with E-state index in [2.05, 4.69) is 30.6 Å². The van der Waals surface area contributed by atoms with E-state index in [0.29, 0.717) is 28.1 Å². The number of hydrogen-bond acceptors (Lipinski definition) is 5. The fourth-order valence-corrected chi connectivity index (χ4v) is 2.96. The van der Waals surface area contributed by atoms with Gasteiger partial charge in [-0.2, -0.15) is 5.21 Å². The number of nitrogens with one attached hydrogen (secondary N) is 1. The summed E-state index contributed by atoms with van der Waals surface area (Å²) >= 11 is 12.5. The molecule has 3 aromatic heterocycles. The number of pyridine rings is 1. The fraction of sp³-hybridized carbons (Fsp3) is 0.0625. The Bertz CT molecular complexity index is 991. The van der Waals surface area contributed by atoms with Gasteiger partial charge in [-0.3, -0.25) is 4.98 Å². The molecule has 1 aromatic carbocycles. The Hall–Kier alpha value is -2.77. The van der Waals surface area contributed by atoms with Gasteiger partial charge in [0.2, 0.25) is 5.82 Å². The van der Waals surface area contributed by atoms with E-state index < -0.39 is 0 Å². The molecule has 3 heterocycles. The number of aromatic nitrogens is 7. The maximum absolute atomic E-state index is 6.23. The zero-order valence-corrected chi connectivity index (χ0v) is 14.3. The second kappa shape index (κ2) is 6.62. The SMILES string of the molecule is Clc1cccc(Cl)c1Cn1cnc(-c2cc(-c3nn[nH]n3)ccn2)c1. The Morgan fingerprint density at radius 1 is 1.04 bits per heavy atom. The summed E-state index contributed by atoms with van der Waals surface area (Å²) in [5.41, 5.74) is 3.10. The van der Waals surface area contributed by atoms with E-state index in [9.17, 15) is 0 Å². The van der Waals surface area contributed by atoms with Gasteiger partial charge in [-0.25, -0.2) is 4.98 Å². The van der Waals surface area contributed by atoms with E-state index in [1.54, 1.807) is 12.5 Å². The molecule has 0 fully saturated rings. The number of nitrogens with zero attached hydrogens (tertiary/aromatic N) is 6. The first kappa shape index (κ1) is 15.7. The van der Waals surface area contributed by atoms with Gasteiger partial charge in [0, 0.05) is 33.6 Å². The van der Waals surface area contributed by atoms with Crippen molar-refractivity contribution < 1.29 is 0 Å². The lowest BCUT2D eigenvalue weighted by atomic mass is 10.2. The first-order valence-electron chi connectivity index (χ1n) is 7.35. The van der Waals surface area contributed by atoms with Crippen LogP contribution in [0.15, 0.2) is 49.1 Å². The fourth-order valence-electron chi connectivity index (χ4n) is 2.44. The molecule has 0 spiro atoms. The molecule has 0 atom stereocenters. The Labute approximate surface area is 152 Å². The number of imidazole rings is 1. The molecule has 0 unspecified atom stereocenters. The highest BCUT2D eigenvalue weighted by Gasteiger charge is 2.10. The number of halogens is 2. The molecule has 25 heavy (non-hydrogen) atoms. The van der Waals surface area contributed by atoms with E-state index in [-0.39, 0.29) is 0 Å². The van der Waals surface area contributed by atoms with Crippen LogP contribution in [0, 0.1) is 0 Å². The minimum absolute atomic E-state index is 0.505. The monoisotopic (exact) mass is 371 g/mol. The molecule has 1 N–H and O–H groups in total. The molecule has 0 aliphatic carbocycles. The van der Waals surface area contributed by atoms with Crippen LogP contribution in [0.4, 0.5) is 0 Å². The molecule has 7 nitrogen and oxygen atoms in total. The van der Waals surface area contributed by atoms with Crippen LogP contribution < -0.4 is 0 Å². The van der Waals surface area contributed by atoms with Crippen LogP contribution in [0.3, 0.4) is 0 Å². The summed E-state index contributed by atoms with van der Waals surface area (Å²) in [5, 5.41) is 15.2. The van der Waals surface area contributed by atoms with Crippen molar-refractivity contribution in [1.82, 2.24) is 35.2 Å². The predicted molar refractivity (Wildman–Crippen MR) is 94.2 cm³/mol. The first-order chi connectivity index (χ1) is 12.2. The molecule has 0 saturated carbocycles. The van der Waals surface area contributed by atoms with Gasteiger partial charge in [-0.1, -0.05) is 29.3 Å². The molecule has 0 radical (unpaired) electrons. The quantitative estimate of drug-likeness (QED) is 0.593. The van der Waals surface area contributed by atoms with Crippen LogP contribution >= 0.6 is 23.2 Å². The van der Waals surface area contributed by atoms with Gasteiger partial charge < -0.3 is 4.57 Å². The summed E-state index contributed by atoms with van der Waals surface area (Å²) in [6, 6.07) is 9.13. The van der Waals surface area contributed by atoms with Crippen LogP contribution in [0.5, 0.6) is 0 Å². The number of tetrazole rings is 1. The maximum atomic E-state index is 6.23. The predicted octanol–water partition coefficient (Wildman–Crippen LogP) is 3.48. The summed E-state index contributed by atoms with van der Waals surface area (Å²) in [6.45, 7) is 0.524. The Morgan fingerprint density at radius 2 is 1.88 bits per heavy atom. The molecule has 124 valence electrons. The smallest absolute Gasteiger partial charge is 0.204 e. The normalized spacial score (nSPS) is 11.0. The summed E-state index contributed by atoms with van der Waals surface area (Å²) in [5.74, 6) is 0.505. The summed E-state index contributed by atoms with van der Waals surface area (Å²) in [4.78, 5) is 8.78. The molecule has 4 rings (SSSR count). The molecule has 0 amide bonds. The van der Waals surface area contributed by atoms with Crippen LogP contribution in [-0.2, 0) is 6.54 Å². The van der Waals surface area contributed by atoms with Gasteiger partial charge in [-0.05, 0) is 29.5 Å². The molecular formula is C16H11Cl2N7. The first-order valence-corrected chi connectivity index (χ1v) is 8.11. The van der Waals surface area contributed by atoms with Crippen molar-refractivity contribution in [1.29, 1.82) is 0 Å². The number of H-pyrrole nitrogens is 1. The third kappa shape index (κ3) is 3.24. The van der Waals surface area contributed by atoms with Crippen molar-refractivity contribution in [3.8, 4) is 22.8 Å². The molecule has 0 aliphatic heterocycles. The van der Waals surface area contributed by atoms with Gasteiger partial charge in [0.05, 0.1) is 18.6 Å². The molecule has 0 bridgehead atoms.